The Morgan fingerprint density at radius 3 is 2.55 bits per heavy atom. The standard InChI is InChI=1S/C16H24BrNO2/c1-16(2)8-18(7-11(6-17)20-16)15(19)14-12-9-3-4-10(5-9)13(12)14/h9-14H,3-8H2,1-2H3. The summed E-state index contributed by atoms with van der Waals surface area (Å²) in [7, 11) is 0. The van der Waals surface area contributed by atoms with E-state index in [-0.39, 0.29) is 11.7 Å². The third-order valence-corrected chi connectivity index (χ3v) is 6.71. The lowest BCUT2D eigenvalue weighted by molar-refractivity contribution is -0.159. The van der Waals surface area contributed by atoms with Crippen molar-refractivity contribution in [3.8, 4) is 0 Å². The summed E-state index contributed by atoms with van der Waals surface area (Å²) >= 11 is 3.51. The maximum atomic E-state index is 12.9. The Morgan fingerprint density at radius 2 is 1.95 bits per heavy atom. The highest BCUT2D eigenvalue weighted by molar-refractivity contribution is 9.09. The van der Waals surface area contributed by atoms with Crippen LogP contribution in [0.15, 0.2) is 0 Å². The Morgan fingerprint density at radius 1 is 1.30 bits per heavy atom. The van der Waals surface area contributed by atoms with E-state index in [1.54, 1.807) is 0 Å². The Hall–Kier alpha value is -0.0900. The molecular weight excluding hydrogens is 318 g/mol. The van der Waals surface area contributed by atoms with Crippen LogP contribution < -0.4 is 0 Å². The minimum Gasteiger partial charge on any atom is -0.368 e. The highest BCUT2D eigenvalue weighted by atomic mass is 79.9. The van der Waals surface area contributed by atoms with Crippen molar-refractivity contribution >= 4 is 21.8 Å². The van der Waals surface area contributed by atoms with Gasteiger partial charge in [-0.15, -0.1) is 0 Å². The van der Waals surface area contributed by atoms with E-state index in [0.29, 0.717) is 11.8 Å². The van der Waals surface area contributed by atoms with Crippen molar-refractivity contribution < 1.29 is 9.53 Å². The van der Waals surface area contributed by atoms with Gasteiger partial charge in [0.2, 0.25) is 5.91 Å². The van der Waals surface area contributed by atoms with Crippen LogP contribution in [0.5, 0.6) is 0 Å². The molecular formula is C16H24BrNO2. The molecule has 112 valence electrons. The van der Waals surface area contributed by atoms with E-state index >= 15 is 0 Å². The number of carbonyl (C=O) groups excluding carboxylic acids is 1. The van der Waals surface area contributed by atoms with Crippen molar-refractivity contribution in [2.75, 3.05) is 18.4 Å². The number of hydrogen-bond acceptors (Lipinski definition) is 2. The molecule has 1 saturated heterocycles. The SMILES string of the molecule is CC1(C)CN(C(=O)C2C3C4CCC(C4)C23)CC(CBr)O1. The smallest absolute Gasteiger partial charge is 0.226 e. The number of amides is 1. The lowest BCUT2D eigenvalue weighted by Crippen LogP contribution is -2.55. The minimum absolute atomic E-state index is 0.137. The normalized spacial score (nSPS) is 48.2. The summed E-state index contributed by atoms with van der Waals surface area (Å²) in [6, 6.07) is 0. The van der Waals surface area contributed by atoms with Crippen LogP contribution in [0.1, 0.15) is 33.1 Å². The second-order valence-electron chi connectivity index (χ2n) is 7.89. The lowest BCUT2D eigenvalue weighted by Gasteiger charge is -2.42. The Bertz CT molecular complexity index is 422. The van der Waals surface area contributed by atoms with Crippen LogP contribution >= 0.6 is 15.9 Å². The van der Waals surface area contributed by atoms with Gasteiger partial charge >= 0.3 is 0 Å². The van der Waals surface area contributed by atoms with Crippen LogP contribution in [-0.2, 0) is 9.53 Å². The first-order valence-corrected chi connectivity index (χ1v) is 9.15. The van der Waals surface area contributed by atoms with Gasteiger partial charge in [-0.2, -0.15) is 0 Å². The molecule has 0 aromatic carbocycles. The van der Waals surface area contributed by atoms with Crippen LogP contribution in [0.25, 0.3) is 0 Å². The van der Waals surface area contributed by atoms with Gasteiger partial charge in [-0.25, -0.2) is 0 Å². The fraction of sp³-hybridized carbons (Fsp3) is 0.938. The molecule has 20 heavy (non-hydrogen) atoms. The third kappa shape index (κ3) is 1.98. The second kappa shape index (κ2) is 4.45. The number of morpholine rings is 1. The van der Waals surface area contributed by atoms with E-state index in [9.17, 15) is 4.79 Å². The zero-order chi connectivity index (χ0) is 14.1. The Labute approximate surface area is 129 Å². The Balaban J connectivity index is 1.47. The van der Waals surface area contributed by atoms with Gasteiger partial charge in [0.25, 0.3) is 0 Å². The van der Waals surface area contributed by atoms with Crippen molar-refractivity contribution in [1.29, 1.82) is 0 Å². The molecule has 1 aliphatic heterocycles. The van der Waals surface area contributed by atoms with Gasteiger partial charge in [-0.05, 0) is 56.8 Å². The number of alkyl halides is 1. The Kier molecular flexibility index (Phi) is 3.02. The molecule has 1 amide bonds. The molecule has 3 aliphatic carbocycles. The van der Waals surface area contributed by atoms with Gasteiger partial charge in [-0.1, -0.05) is 15.9 Å². The van der Waals surface area contributed by atoms with E-state index < -0.39 is 0 Å². The van der Waals surface area contributed by atoms with Gasteiger partial charge in [0.1, 0.15) is 0 Å². The number of hydrogen-bond donors (Lipinski definition) is 0. The topological polar surface area (TPSA) is 29.5 Å². The molecule has 0 N–H and O–H groups in total. The van der Waals surface area contributed by atoms with Crippen molar-refractivity contribution in [3.05, 3.63) is 0 Å². The van der Waals surface area contributed by atoms with Crippen LogP contribution in [0.2, 0.25) is 0 Å². The first kappa shape index (κ1) is 13.6. The van der Waals surface area contributed by atoms with Crippen molar-refractivity contribution in [1.82, 2.24) is 4.90 Å². The van der Waals surface area contributed by atoms with Gasteiger partial charge in [0.05, 0.1) is 11.7 Å². The summed E-state index contributed by atoms with van der Waals surface area (Å²) in [5.74, 6) is 4.04. The van der Waals surface area contributed by atoms with E-state index in [4.69, 9.17) is 4.74 Å². The fourth-order valence-corrected chi connectivity index (χ4v) is 5.75. The molecule has 2 bridgehead atoms. The van der Waals surface area contributed by atoms with Gasteiger partial charge < -0.3 is 9.64 Å². The minimum atomic E-state index is -0.213. The molecule has 1 heterocycles. The first-order valence-electron chi connectivity index (χ1n) is 8.03. The maximum absolute atomic E-state index is 12.9. The lowest BCUT2D eigenvalue weighted by atomic mass is 10.00. The van der Waals surface area contributed by atoms with Gasteiger partial charge in [0.15, 0.2) is 0 Å². The molecule has 0 aromatic heterocycles. The summed E-state index contributed by atoms with van der Waals surface area (Å²) in [5, 5.41) is 0.809. The monoisotopic (exact) mass is 341 g/mol. The molecule has 4 rings (SSSR count). The van der Waals surface area contributed by atoms with Crippen LogP contribution in [0, 0.1) is 29.6 Å². The zero-order valence-electron chi connectivity index (χ0n) is 12.3. The predicted molar refractivity (Wildman–Crippen MR) is 80.6 cm³/mol. The zero-order valence-corrected chi connectivity index (χ0v) is 13.9. The third-order valence-electron chi connectivity index (χ3n) is 5.99. The number of ether oxygens (including phenoxy) is 1. The summed E-state index contributed by atoms with van der Waals surface area (Å²) in [6.45, 7) is 5.71. The van der Waals surface area contributed by atoms with Gasteiger partial charge in [-0.3, -0.25) is 4.79 Å². The number of fused-ring (bicyclic) bond motifs is 5. The molecule has 0 aromatic rings. The summed E-state index contributed by atoms with van der Waals surface area (Å²) < 4.78 is 6.01. The fourth-order valence-electron chi connectivity index (χ4n) is 5.41. The average molecular weight is 342 g/mol. The molecule has 0 radical (unpaired) electrons. The quantitative estimate of drug-likeness (QED) is 0.722. The van der Waals surface area contributed by atoms with Crippen LogP contribution in [-0.4, -0.2) is 40.9 Å². The highest BCUT2D eigenvalue weighted by Gasteiger charge is 2.68. The molecule has 4 aliphatic rings. The molecule has 0 spiro atoms. The molecule has 3 nitrogen and oxygen atoms in total. The van der Waals surface area contributed by atoms with Crippen LogP contribution in [0.4, 0.5) is 0 Å². The van der Waals surface area contributed by atoms with E-state index in [2.05, 4.69) is 34.7 Å². The molecule has 4 fully saturated rings. The van der Waals surface area contributed by atoms with Crippen LogP contribution in [0.3, 0.4) is 0 Å². The summed E-state index contributed by atoms with van der Waals surface area (Å²) in [5.41, 5.74) is -0.213. The maximum Gasteiger partial charge on any atom is 0.226 e. The molecule has 5 atom stereocenters. The average Bonchev–Trinajstić information content (AvgIpc) is 2.83. The predicted octanol–water partition coefficient (Wildman–Crippen LogP) is 2.68. The largest absolute Gasteiger partial charge is 0.368 e. The summed E-state index contributed by atoms with van der Waals surface area (Å²) in [6.07, 6.45) is 4.32. The number of carbonyl (C=O) groups is 1. The van der Waals surface area contributed by atoms with Crippen molar-refractivity contribution in [2.45, 2.75) is 44.8 Å². The second-order valence-corrected chi connectivity index (χ2v) is 8.53. The van der Waals surface area contributed by atoms with E-state index in [1.165, 1.54) is 19.3 Å². The van der Waals surface area contributed by atoms with Gasteiger partial charge in [0, 0.05) is 24.3 Å². The first-order chi connectivity index (χ1) is 9.50. The number of nitrogens with zero attached hydrogens (tertiary/aromatic N) is 1. The molecule has 3 saturated carbocycles. The molecule has 5 unspecified atom stereocenters. The highest BCUT2D eigenvalue weighted by Crippen LogP contribution is 2.69. The van der Waals surface area contributed by atoms with E-state index in [1.807, 2.05) is 0 Å². The van der Waals surface area contributed by atoms with E-state index in [0.717, 1.165) is 42.1 Å². The number of rotatable bonds is 2. The van der Waals surface area contributed by atoms with Crippen molar-refractivity contribution in [2.24, 2.45) is 29.6 Å². The van der Waals surface area contributed by atoms with Crippen molar-refractivity contribution in [3.63, 3.8) is 0 Å². The number of halogens is 1. The molecule has 4 heteroatoms. The summed E-state index contributed by atoms with van der Waals surface area (Å²) in [4.78, 5) is 15.0.